The minimum Gasteiger partial charge on any atom is -0.337 e. The van der Waals surface area contributed by atoms with E-state index in [0.29, 0.717) is 27.7 Å². The lowest BCUT2D eigenvalue weighted by Gasteiger charge is -2.08. The highest BCUT2D eigenvalue weighted by molar-refractivity contribution is 7.89. The van der Waals surface area contributed by atoms with Gasteiger partial charge in [0.2, 0.25) is 10.0 Å². The summed E-state index contributed by atoms with van der Waals surface area (Å²) in [5.41, 5.74) is 2.70. The lowest BCUT2D eigenvalue weighted by molar-refractivity contribution is 0.554. The van der Waals surface area contributed by atoms with Crippen molar-refractivity contribution in [3.63, 3.8) is 0 Å². The van der Waals surface area contributed by atoms with Crippen LogP contribution in [-0.4, -0.2) is 19.5 Å². The summed E-state index contributed by atoms with van der Waals surface area (Å²) >= 11 is 5.36. The molecule has 0 saturated heterocycles. The number of hydrogen-bond donors (Lipinski definition) is 2. The number of sulfonamides is 1. The molecule has 1 heterocycles. The molecule has 1 aromatic heterocycles. The van der Waals surface area contributed by atoms with E-state index in [4.69, 9.17) is 16.9 Å². The van der Waals surface area contributed by atoms with Gasteiger partial charge in [-0.15, -0.1) is 0 Å². The van der Waals surface area contributed by atoms with E-state index in [0.717, 1.165) is 0 Å². The van der Waals surface area contributed by atoms with Crippen molar-refractivity contribution < 1.29 is 17.2 Å². The second-order valence-electron chi connectivity index (χ2n) is 6.27. The first kappa shape index (κ1) is 20.5. The molecule has 28 heavy (non-hydrogen) atoms. The number of nitrogens with zero attached hydrogens (tertiary/aromatic N) is 1. The number of rotatable bonds is 6. The van der Waals surface area contributed by atoms with Gasteiger partial charge in [0.1, 0.15) is 11.6 Å². The molecule has 0 aliphatic rings. The maximum absolute atomic E-state index is 14.3. The average Bonchev–Trinajstić information content (AvgIpc) is 2.91. The molecule has 0 bridgehead atoms. The largest absolute Gasteiger partial charge is 0.337 e. The van der Waals surface area contributed by atoms with E-state index in [1.165, 1.54) is 30.3 Å². The number of nitrogens with two attached hydrogens (primary N) is 1. The van der Waals surface area contributed by atoms with Crippen LogP contribution in [0.5, 0.6) is 0 Å². The summed E-state index contributed by atoms with van der Waals surface area (Å²) in [6.45, 7) is 1.89. The highest BCUT2D eigenvalue weighted by atomic mass is 35.5. The Morgan fingerprint density at radius 1 is 1.25 bits per heavy atom. The quantitative estimate of drug-likeness (QED) is 0.586. The summed E-state index contributed by atoms with van der Waals surface area (Å²) in [7, 11) is -3.92. The molecular weight excluding hydrogens is 408 g/mol. The number of allylic oxidation sites excluding steroid dienone is 1. The van der Waals surface area contributed by atoms with E-state index in [1.54, 1.807) is 29.7 Å². The lowest BCUT2D eigenvalue weighted by atomic mass is 10.0. The van der Waals surface area contributed by atoms with Gasteiger partial charge in [-0.05, 0) is 60.7 Å². The number of fused-ring (bicyclic) bond motifs is 1. The zero-order valence-electron chi connectivity index (χ0n) is 14.9. The van der Waals surface area contributed by atoms with E-state index in [1.807, 2.05) is 0 Å². The lowest BCUT2D eigenvalue weighted by Crippen LogP contribution is -2.11. The molecule has 9 heteroatoms. The van der Waals surface area contributed by atoms with Crippen LogP contribution in [0.4, 0.5) is 8.78 Å². The van der Waals surface area contributed by atoms with Gasteiger partial charge in [0.15, 0.2) is 0 Å². The van der Waals surface area contributed by atoms with E-state index < -0.39 is 21.7 Å². The topological polar surface area (TPSA) is 77.1 Å². The minimum absolute atomic E-state index is 0.0529. The second-order valence-corrected chi connectivity index (χ2v) is 8.09. The average molecular weight is 426 g/mol. The molecule has 0 saturated carbocycles. The molecule has 0 fully saturated rings. The second kappa shape index (κ2) is 8.00. The molecule has 148 valence electrons. The van der Waals surface area contributed by atoms with Crippen molar-refractivity contribution in [2.45, 2.75) is 18.4 Å². The predicted molar refractivity (Wildman–Crippen MR) is 106 cm³/mol. The van der Waals surface area contributed by atoms with Crippen LogP contribution < -0.4 is 9.97 Å². The van der Waals surface area contributed by atoms with Crippen LogP contribution in [0.3, 0.4) is 0 Å². The fourth-order valence-electron chi connectivity index (χ4n) is 3.19. The van der Waals surface area contributed by atoms with Crippen molar-refractivity contribution >= 4 is 32.7 Å². The highest BCUT2D eigenvalue weighted by Crippen LogP contribution is 2.36. The van der Waals surface area contributed by atoms with Crippen molar-refractivity contribution in [2.24, 2.45) is 5.14 Å². The molecule has 0 unspecified atom stereocenters. The summed E-state index contributed by atoms with van der Waals surface area (Å²) in [6.07, 6.45) is 1.31. The zero-order chi connectivity index (χ0) is 20.5. The Morgan fingerprint density at radius 3 is 2.54 bits per heavy atom. The SMILES string of the molecule is Cc1c(-c2ccc(F)cc2)c2cc(S(N)(=O)=O)ccc2n1C/C(F)=C/CNCl. The third-order valence-corrected chi connectivity index (χ3v) is 5.53. The predicted octanol–water partition coefficient (Wildman–Crippen LogP) is 4.00. The van der Waals surface area contributed by atoms with Crippen molar-refractivity contribution in [1.29, 1.82) is 0 Å². The van der Waals surface area contributed by atoms with Gasteiger partial charge in [-0.25, -0.2) is 27.2 Å². The summed E-state index contributed by atoms with van der Waals surface area (Å²) < 4.78 is 53.0. The maximum Gasteiger partial charge on any atom is 0.238 e. The third kappa shape index (κ3) is 4.10. The number of aromatic nitrogens is 1. The van der Waals surface area contributed by atoms with Crippen LogP contribution in [0.1, 0.15) is 5.69 Å². The summed E-state index contributed by atoms with van der Waals surface area (Å²) in [5.74, 6) is -0.799. The molecule has 3 aromatic rings. The Kier molecular flexibility index (Phi) is 5.85. The van der Waals surface area contributed by atoms with Crippen molar-refractivity contribution in [2.75, 3.05) is 6.54 Å². The number of primary sulfonamides is 1. The molecule has 2 aromatic carbocycles. The summed E-state index contributed by atoms with van der Waals surface area (Å²) in [6, 6.07) is 10.2. The molecular formula is C19H18ClF2N3O2S. The minimum atomic E-state index is -3.92. The molecule has 0 aliphatic heterocycles. The number of hydrogen-bond acceptors (Lipinski definition) is 3. The normalized spacial score (nSPS) is 12.7. The van der Waals surface area contributed by atoms with Gasteiger partial charge in [-0.3, -0.25) is 0 Å². The first-order valence-electron chi connectivity index (χ1n) is 8.32. The molecule has 0 atom stereocenters. The van der Waals surface area contributed by atoms with E-state index >= 15 is 0 Å². The number of nitrogens with one attached hydrogen (secondary N) is 1. The van der Waals surface area contributed by atoms with Crippen LogP contribution in [0.25, 0.3) is 22.0 Å². The van der Waals surface area contributed by atoms with Gasteiger partial charge in [0.05, 0.1) is 11.4 Å². The van der Waals surface area contributed by atoms with Crippen LogP contribution in [0.2, 0.25) is 0 Å². The molecule has 0 aliphatic carbocycles. The standard InChI is InChI=1S/C19H18ClF2N3O2S/c1-12-19(13-2-4-14(21)5-3-13)17-10-16(28(23,26)27)6-7-18(17)25(12)11-15(22)8-9-24-20/h2-8,10,24H,9,11H2,1H3,(H2,23,26,27)/b15-8-. The van der Waals surface area contributed by atoms with Gasteiger partial charge >= 0.3 is 0 Å². The van der Waals surface area contributed by atoms with Crippen molar-refractivity contribution in [1.82, 2.24) is 9.40 Å². The van der Waals surface area contributed by atoms with Gasteiger partial charge in [-0.2, -0.15) is 0 Å². The van der Waals surface area contributed by atoms with E-state index in [2.05, 4.69) is 4.84 Å². The fraction of sp³-hybridized carbons (Fsp3) is 0.158. The van der Waals surface area contributed by atoms with Crippen LogP contribution >= 0.6 is 11.8 Å². The molecule has 5 nitrogen and oxygen atoms in total. The van der Waals surface area contributed by atoms with Crippen LogP contribution in [-0.2, 0) is 16.6 Å². The third-order valence-electron chi connectivity index (χ3n) is 4.47. The Balaban J connectivity index is 2.27. The molecule has 0 spiro atoms. The first-order valence-corrected chi connectivity index (χ1v) is 10.2. The van der Waals surface area contributed by atoms with Gasteiger partial charge in [-0.1, -0.05) is 12.1 Å². The smallest absolute Gasteiger partial charge is 0.238 e. The monoisotopic (exact) mass is 425 g/mol. The van der Waals surface area contributed by atoms with E-state index in [9.17, 15) is 17.2 Å². The molecule has 0 radical (unpaired) electrons. The van der Waals surface area contributed by atoms with E-state index in [-0.39, 0.29) is 18.0 Å². The van der Waals surface area contributed by atoms with Crippen LogP contribution in [0.15, 0.2) is 59.3 Å². The van der Waals surface area contributed by atoms with Gasteiger partial charge in [0, 0.05) is 28.7 Å². The Labute approximate surface area is 166 Å². The van der Waals surface area contributed by atoms with Crippen molar-refractivity contribution in [3.05, 3.63) is 65.9 Å². The zero-order valence-corrected chi connectivity index (χ0v) is 16.5. The number of halogens is 3. The molecule has 3 N–H and O–H groups in total. The molecule has 0 amide bonds. The molecule has 3 rings (SSSR count). The van der Waals surface area contributed by atoms with Gasteiger partial charge < -0.3 is 4.57 Å². The van der Waals surface area contributed by atoms with Crippen molar-refractivity contribution in [3.8, 4) is 11.1 Å². The highest BCUT2D eigenvalue weighted by Gasteiger charge is 2.19. The Bertz CT molecular complexity index is 1160. The summed E-state index contributed by atoms with van der Waals surface area (Å²) in [4.78, 5) is 2.27. The van der Waals surface area contributed by atoms with Gasteiger partial charge in [0.25, 0.3) is 0 Å². The Hall–Kier alpha value is -2.26. The summed E-state index contributed by atoms with van der Waals surface area (Å²) in [5, 5.41) is 5.85. The Morgan fingerprint density at radius 2 is 1.93 bits per heavy atom. The number of benzene rings is 2. The van der Waals surface area contributed by atoms with Crippen LogP contribution in [0, 0.1) is 12.7 Å². The first-order chi connectivity index (χ1) is 13.2. The fourth-order valence-corrected chi connectivity index (χ4v) is 3.80. The maximum atomic E-state index is 14.3.